The quantitative estimate of drug-likeness (QED) is 0.500. The number of thioether (sulfide) groups is 2. The van der Waals surface area contributed by atoms with Gasteiger partial charge in [0.1, 0.15) is 0 Å². The molecule has 0 aromatic carbocycles. The molecule has 0 atom stereocenters. The summed E-state index contributed by atoms with van der Waals surface area (Å²) >= 11 is 4.32. The lowest BCUT2D eigenvalue weighted by Crippen LogP contribution is -2.05. The third kappa shape index (κ3) is 4.46. The minimum Gasteiger partial charge on any atom is -0.148 e. The molecule has 0 amide bonds. The van der Waals surface area contributed by atoms with E-state index in [1.54, 1.807) is 0 Å². The Bertz CT molecular complexity index is 126. The van der Waals surface area contributed by atoms with Crippen LogP contribution in [0.2, 0.25) is 0 Å². The minimum atomic E-state index is 0.906. The second-order valence-corrected chi connectivity index (χ2v) is 5.94. The van der Waals surface area contributed by atoms with Crippen molar-refractivity contribution in [2.45, 2.75) is 37.2 Å². The van der Waals surface area contributed by atoms with Crippen LogP contribution in [-0.2, 0) is 0 Å². The predicted octanol–water partition coefficient (Wildman–Crippen LogP) is 3.93. The zero-order valence-electron chi connectivity index (χ0n) is 7.79. The van der Waals surface area contributed by atoms with E-state index in [4.69, 9.17) is 0 Å². The van der Waals surface area contributed by atoms with Crippen molar-refractivity contribution in [3.8, 4) is 0 Å². The van der Waals surface area contributed by atoms with Crippen LogP contribution in [0.5, 0.6) is 0 Å². The summed E-state index contributed by atoms with van der Waals surface area (Å²) in [7, 11) is 0. The number of hydrogen-bond donors (Lipinski definition) is 0. The van der Waals surface area contributed by atoms with Crippen LogP contribution < -0.4 is 0 Å². The topological polar surface area (TPSA) is 0 Å². The van der Waals surface area contributed by atoms with E-state index in [0.717, 1.165) is 4.58 Å². The molecule has 2 heteroatoms. The van der Waals surface area contributed by atoms with Crippen molar-refractivity contribution in [2.75, 3.05) is 11.5 Å². The van der Waals surface area contributed by atoms with Crippen LogP contribution in [0.1, 0.15) is 32.6 Å². The fraction of sp³-hybridized carbons (Fsp3) is 0.800. The Hall–Kier alpha value is 0.440. The maximum atomic E-state index is 2.28. The van der Waals surface area contributed by atoms with E-state index >= 15 is 0 Å². The van der Waals surface area contributed by atoms with Crippen LogP contribution >= 0.6 is 23.5 Å². The van der Waals surface area contributed by atoms with Crippen molar-refractivity contribution in [3.63, 3.8) is 0 Å². The summed E-state index contributed by atoms with van der Waals surface area (Å²) in [6.07, 6.45) is 9.89. The van der Waals surface area contributed by atoms with Crippen LogP contribution in [0, 0.1) is 0 Å². The molecule has 1 fully saturated rings. The Morgan fingerprint density at radius 1 is 1.33 bits per heavy atom. The van der Waals surface area contributed by atoms with Gasteiger partial charge in [0.05, 0.1) is 4.58 Å². The molecule has 0 unspecified atom stereocenters. The standard InChI is InChI=1S/C10H18S2/c1-2-3-4-5-7-10-11-8-6-9-12-10/h2-3,10H,4-9H2,1H3/b3-2+. The smallest absolute Gasteiger partial charge is 0.0502 e. The fourth-order valence-electron chi connectivity index (χ4n) is 1.27. The molecule has 1 aliphatic heterocycles. The van der Waals surface area contributed by atoms with Gasteiger partial charge in [-0.25, -0.2) is 0 Å². The Labute approximate surface area is 84.6 Å². The maximum absolute atomic E-state index is 2.28. The summed E-state index contributed by atoms with van der Waals surface area (Å²) in [6, 6.07) is 0. The first kappa shape index (κ1) is 10.5. The predicted molar refractivity (Wildman–Crippen MR) is 62.0 cm³/mol. The van der Waals surface area contributed by atoms with Crippen LogP contribution in [0.4, 0.5) is 0 Å². The molecule has 12 heavy (non-hydrogen) atoms. The van der Waals surface area contributed by atoms with Crippen LogP contribution in [0.15, 0.2) is 12.2 Å². The highest BCUT2D eigenvalue weighted by Crippen LogP contribution is 2.33. The molecule has 1 aliphatic rings. The second kappa shape index (κ2) is 6.90. The molecule has 0 N–H and O–H groups in total. The largest absolute Gasteiger partial charge is 0.148 e. The van der Waals surface area contributed by atoms with Gasteiger partial charge in [-0.1, -0.05) is 12.2 Å². The first-order chi connectivity index (χ1) is 5.93. The number of hydrogen-bond acceptors (Lipinski definition) is 2. The molecule has 1 heterocycles. The van der Waals surface area contributed by atoms with Gasteiger partial charge in [-0.3, -0.25) is 0 Å². The summed E-state index contributed by atoms with van der Waals surface area (Å²) in [5.74, 6) is 2.78. The van der Waals surface area contributed by atoms with Crippen molar-refractivity contribution in [1.82, 2.24) is 0 Å². The SMILES string of the molecule is C/C=C/CCCC1SCCCS1. The van der Waals surface area contributed by atoms with E-state index in [2.05, 4.69) is 42.6 Å². The van der Waals surface area contributed by atoms with Crippen molar-refractivity contribution >= 4 is 23.5 Å². The molecule has 0 aromatic heterocycles. The van der Waals surface area contributed by atoms with E-state index in [1.165, 1.54) is 37.2 Å². The highest BCUT2D eigenvalue weighted by atomic mass is 32.2. The van der Waals surface area contributed by atoms with Gasteiger partial charge in [0.25, 0.3) is 0 Å². The zero-order chi connectivity index (χ0) is 8.65. The molecule has 0 nitrogen and oxygen atoms in total. The number of allylic oxidation sites excluding steroid dienone is 2. The van der Waals surface area contributed by atoms with Gasteiger partial charge in [-0.05, 0) is 44.1 Å². The van der Waals surface area contributed by atoms with Gasteiger partial charge in [-0.2, -0.15) is 0 Å². The second-order valence-electron chi connectivity index (χ2n) is 3.02. The van der Waals surface area contributed by atoms with E-state index in [0.29, 0.717) is 0 Å². The first-order valence-electron chi connectivity index (χ1n) is 4.78. The molecule has 0 spiro atoms. The maximum Gasteiger partial charge on any atom is 0.0502 e. The summed E-state index contributed by atoms with van der Waals surface area (Å²) in [6.45, 7) is 2.10. The van der Waals surface area contributed by atoms with E-state index in [9.17, 15) is 0 Å². The number of unbranched alkanes of at least 4 members (excludes halogenated alkanes) is 1. The van der Waals surface area contributed by atoms with Gasteiger partial charge < -0.3 is 0 Å². The normalized spacial score (nSPS) is 20.4. The third-order valence-electron chi connectivity index (χ3n) is 1.94. The summed E-state index contributed by atoms with van der Waals surface area (Å²) in [5.41, 5.74) is 0. The molecule has 0 aliphatic carbocycles. The van der Waals surface area contributed by atoms with Crippen molar-refractivity contribution in [2.24, 2.45) is 0 Å². The summed E-state index contributed by atoms with van der Waals surface area (Å²) < 4.78 is 0.906. The zero-order valence-corrected chi connectivity index (χ0v) is 9.42. The van der Waals surface area contributed by atoms with Crippen LogP contribution in [0.25, 0.3) is 0 Å². The average molecular weight is 202 g/mol. The lowest BCUT2D eigenvalue weighted by molar-refractivity contribution is 0.799. The monoisotopic (exact) mass is 202 g/mol. The molecule has 0 aromatic rings. The van der Waals surface area contributed by atoms with Gasteiger partial charge in [0.2, 0.25) is 0 Å². The van der Waals surface area contributed by atoms with Crippen LogP contribution in [-0.4, -0.2) is 16.1 Å². The Balaban J connectivity index is 1.97. The van der Waals surface area contributed by atoms with Crippen molar-refractivity contribution in [1.29, 1.82) is 0 Å². The molecule has 0 bridgehead atoms. The molecular weight excluding hydrogens is 184 g/mol. The third-order valence-corrected chi connectivity index (χ3v) is 5.02. The minimum absolute atomic E-state index is 0.906. The molecule has 1 rings (SSSR count). The molecule has 1 saturated heterocycles. The summed E-state index contributed by atoms with van der Waals surface area (Å²) in [4.78, 5) is 0. The highest BCUT2D eigenvalue weighted by Gasteiger charge is 2.12. The van der Waals surface area contributed by atoms with Gasteiger partial charge in [-0.15, -0.1) is 23.5 Å². The molecular formula is C10H18S2. The molecule has 0 saturated carbocycles. The van der Waals surface area contributed by atoms with E-state index in [-0.39, 0.29) is 0 Å². The highest BCUT2D eigenvalue weighted by molar-refractivity contribution is 8.17. The lowest BCUT2D eigenvalue weighted by Gasteiger charge is -2.20. The Morgan fingerprint density at radius 3 is 2.75 bits per heavy atom. The Kier molecular flexibility index (Phi) is 6.05. The summed E-state index contributed by atoms with van der Waals surface area (Å²) in [5, 5.41) is 0. The lowest BCUT2D eigenvalue weighted by atomic mass is 10.2. The van der Waals surface area contributed by atoms with Crippen molar-refractivity contribution in [3.05, 3.63) is 12.2 Å². The van der Waals surface area contributed by atoms with Gasteiger partial charge >= 0.3 is 0 Å². The van der Waals surface area contributed by atoms with Crippen molar-refractivity contribution < 1.29 is 0 Å². The molecule has 0 radical (unpaired) electrons. The van der Waals surface area contributed by atoms with Gasteiger partial charge in [0.15, 0.2) is 0 Å². The molecule has 70 valence electrons. The fourth-order valence-corrected chi connectivity index (χ4v) is 4.23. The Morgan fingerprint density at radius 2 is 2.08 bits per heavy atom. The van der Waals surface area contributed by atoms with E-state index < -0.39 is 0 Å². The first-order valence-corrected chi connectivity index (χ1v) is 6.87. The van der Waals surface area contributed by atoms with E-state index in [1.807, 2.05) is 0 Å². The number of rotatable bonds is 4. The van der Waals surface area contributed by atoms with Gasteiger partial charge in [0, 0.05) is 0 Å². The van der Waals surface area contributed by atoms with Crippen LogP contribution in [0.3, 0.4) is 0 Å². The average Bonchev–Trinajstić information content (AvgIpc) is 2.14.